The third kappa shape index (κ3) is 5.31. The Kier molecular flexibility index (Phi) is 7.51. The van der Waals surface area contributed by atoms with E-state index < -0.39 is 17.7 Å². The van der Waals surface area contributed by atoms with E-state index in [1.165, 1.54) is 11.6 Å². The number of carbonyl (C=O) groups is 1. The molecule has 1 aliphatic carbocycles. The van der Waals surface area contributed by atoms with Gasteiger partial charge >= 0.3 is 6.03 Å². The lowest BCUT2D eigenvalue weighted by Crippen LogP contribution is -2.52. The van der Waals surface area contributed by atoms with E-state index >= 15 is 0 Å². The maximum Gasteiger partial charge on any atom is 0.319 e. The average molecular weight is 522 g/mol. The summed E-state index contributed by atoms with van der Waals surface area (Å²) in [4.78, 5) is 15.0. The van der Waals surface area contributed by atoms with Crippen LogP contribution in [0.2, 0.25) is 0 Å². The predicted octanol–water partition coefficient (Wildman–Crippen LogP) is 5.87. The number of nitrogens with zero attached hydrogens (tertiary/aromatic N) is 1. The predicted molar refractivity (Wildman–Crippen MR) is 143 cm³/mol. The second-order valence-corrected chi connectivity index (χ2v) is 10.2. The van der Waals surface area contributed by atoms with Crippen LogP contribution in [-0.2, 0) is 12.0 Å². The number of urea groups is 1. The molecule has 38 heavy (non-hydrogen) atoms. The number of amides is 2. The SMILES string of the molecule is COc1cc([C@@]23CC[C@H](NC(=O)Nc4ccc(F)c(F)c4)C[C@@H]2N(C)CC3)ccc1OCc1ccccc1. The van der Waals surface area contributed by atoms with Gasteiger partial charge in [-0.05, 0) is 74.7 Å². The highest BCUT2D eigenvalue weighted by Gasteiger charge is 2.50. The molecule has 1 heterocycles. The molecule has 2 N–H and O–H groups in total. The highest BCUT2D eigenvalue weighted by Crippen LogP contribution is 2.50. The number of carbonyl (C=O) groups excluding carboxylic acids is 1. The summed E-state index contributed by atoms with van der Waals surface area (Å²) in [5.74, 6) is -0.517. The molecule has 0 radical (unpaired) electrons. The number of fused-ring (bicyclic) bond motifs is 1. The van der Waals surface area contributed by atoms with Crippen LogP contribution in [0.15, 0.2) is 66.7 Å². The number of likely N-dealkylation sites (N-methyl/N-ethyl adjacent to an activating group) is 1. The van der Waals surface area contributed by atoms with E-state index in [0.717, 1.165) is 49.9 Å². The van der Waals surface area contributed by atoms with Crippen LogP contribution >= 0.6 is 0 Å². The lowest BCUT2D eigenvalue weighted by atomic mass is 9.65. The number of hydrogen-bond donors (Lipinski definition) is 2. The molecule has 1 aliphatic heterocycles. The smallest absolute Gasteiger partial charge is 0.319 e. The Morgan fingerprint density at radius 3 is 2.61 bits per heavy atom. The lowest BCUT2D eigenvalue weighted by molar-refractivity contribution is 0.156. The summed E-state index contributed by atoms with van der Waals surface area (Å²) < 4.78 is 38.5. The van der Waals surface area contributed by atoms with Gasteiger partial charge in [0.05, 0.1) is 7.11 Å². The molecule has 1 saturated carbocycles. The second-order valence-electron chi connectivity index (χ2n) is 10.2. The van der Waals surface area contributed by atoms with E-state index in [-0.39, 0.29) is 23.2 Å². The van der Waals surface area contributed by atoms with Crippen molar-refractivity contribution in [2.24, 2.45) is 0 Å². The molecule has 2 amide bonds. The number of nitrogens with one attached hydrogen (secondary N) is 2. The molecule has 3 aromatic carbocycles. The molecule has 0 spiro atoms. The first-order valence-electron chi connectivity index (χ1n) is 13.0. The molecule has 6 nitrogen and oxygen atoms in total. The Bertz CT molecular complexity index is 1290. The fraction of sp³-hybridized carbons (Fsp3) is 0.367. The first-order chi connectivity index (χ1) is 18.4. The van der Waals surface area contributed by atoms with Crippen LogP contribution < -0.4 is 20.1 Å². The van der Waals surface area contributed by atoms with Crippen molar-refractivity contribution in [3.05, 3.63) is 89.5 Å². The van der Waals surface area contributed by atoms with E-state index in [1.807, 2.05) is 36.4 Å². The van der Waals surface area contributed by atoms with Gasteiger partial charge < -0.3 is 25.0 Å². The highest BCUT2D eigenvalue weighted by atomic mass is 19.2. The molecule has 0 aromatic heterocycles. The van der Waals surface area contributed by atoms with Gasteiger partial charge in [0.15, 0.2) is 23.1 Å². The molecular formula is C30H33F2N3O3. The molecule has 2 fully saturated rings. The number of likely N-dealkylation sites (tertiary alicyclic amines) is 1. The number of methoxy groups -OCH3 is 1. The van der Waals surface area contributed by atoms with Gasteiger partial charge in [-0.2, -0.15) is 0 Å². The average Bonchev–Trinajstić information content (AvgIpc) is 3.27. The number of ether oxygens (including phenoxy) is 2. The van der Waals surface area contributed by atoms with Crippen molar-refractivity contribution in [1.82, 2.24) is 10.2 Å². The zero-order chi connectivity index (χ0) is 26.7. The van der Waals surface area contributed by atoms with Crippen LogP contribution in [0.3, 0.4) is 0 Å². The minimum atomic E-state index is -0.996. The van der Waals surface area contributed by atoms with Crippen molar-refractivity contribution < 1.29 is 23.0 Å². The van der Waals surface area contributed by atoms with Crippen molar-refractivity contribution in [2.45, 2.75) is 49.8 Å². The van der Waals surface area contributed by atoms with E-state index in [0.29, 0.717) is 18.1 Å². The van der Waals surface area contributed by atoms with Gasteiger partial charge in [-0.25, -0.2) is 13.6 Å². The summed E-state index contributed by atoms with van der Waals surface area (Å²) in [7, 11) is 3.79. The Hall–Kier alpha value is -3.65. The van der Waals surface area contributed by atoms with E-state index in [4.69, 9.17) is 9.47 Å². The van der Waals surface area contributed by atoms with E-state index in [9.17, 15) is 13.6 Å². The Morgan fingerprint density at radius 1 is 1.03 bits per heavy atom. The standard InChI is InChI=1S/C30H33F2N3O3/c1-35-15-14-30(21-8-11-26(27(16-21)37-2)38-19-20-6-4-3-5-7-20)13-12-23(18-28(30)35)34-29(36)33-22-9-10-24(31)25(32)17-22/h3-11,16-17,23,28H,12-15,18-19H2,1-2H3,(H2,33,34,36)/t23-,28-,30-/m0/s1. The Balaban J connectivity index is 1.27. The van der Waals surface area contributed by atoms with E-state index in [1.54, 1.807) is 7.11 Å². The molecule has 5 rings (SSSR count). The Morgan fingerprint density at radius 2 is 1.84 bits per heavy atom. The van der Waals surface area contributed by atoms with Crippen molar-refractivity contribution in [2.75, 3.05) is 26.0 Å². The number of hydrogen-bond acceptors (Lipinski definition) is 4. The molecule has 200 valence electrons. The number of anilines is 1. The molecule has 8 heteroatoms. The minimum Gasteiger partial charge on any atom is -0.493 e. The second kappa shape index (κ2) is 11.0. The van der Waals surface area contributed by atoms with Gasteiger partial charge in [-0.1, -0.05) is 36.4 Å². The van der Waals surface area contributed by atoms with Crippen LogP contribution in [0.4, 0.5) is 19.3 Å². The topological polar surface area (TPSA) is 62.8 Å². The van der Waals surface area contributed by atoms with Gasteiger partial charge in [0.25, 0.3) is 0 Å². The van der Waals surface area contributed by atoms with Gasteiger partial charge in [0, 0.05) is 29.3 Å². The van der Waals surface area contributed by atoms with Crippen molar-refractivity contribution in [3.8, 4) is 11.5 Å². The first-order valence-corrected chi connectivity index (χ1v) is 13.0. The number of benzene rings is 3. The minimum absolute atomic E-state index is 0.0330. The summed E-state index contributed by atoms with van der Waals surface area (Å²) in [6, 6.07) is 19.4. The third-order valence-corrected chi connectivity index (χ3v) is 8.02. The van der Waals surface area contributed by atoms with Crippen LogP contribution in [0.25, 0.3) is 0 Å². The number of halogens is 2. The fourth-order valence-corrected chi connectivity index (χ4v) is 6.01. The summed E-state index contributed by atoms with van der Waals surface area (Å²) in [6.07, 6.45) is 3.53. The zero-order valence-corrected chi connectivity index (χ0v) is 21.7. The zero-order valence-electron chi connectivity index (χ0n) is 21.7. The first kappa shape index (κ1) is 26.0. The lowest BCUT2D eigenvalue weighted by Gasteiger charge is -2.45. The van der Waals surface area contributed by atoms with Gasteiger partial charge in [0.2, 0.25) is 0 Å². The van der Waals surface area contributed by atoms with Gasteiger partial charge in [-0.3, -0.25) is 0 Å². The van der Waals surface area contributed by atoms with Gasteiger partial charge in [0.1, 0.15) is 6.61 Å². The summed E-state index contributed by atoms with van der Waals surface area (Å²) in [5.41, 5.74) is 2.48. The summed E-state index contributed by atoms with van der Waals surface area (Å²) in [5, 5.41) is 5.64. The highest BCUT2D eigenvalue weighted by molar-refractivity contribution is 5.89. The largest absolute Gasteiger partial charge is 0.493 e. The Labute approximate surface area is 221 Å². The summed E-state index contributed by atoms with van der Waals surface area (Å²) >= 11 is 0. The van der Waals surface area contributed by atoms with Crippen LogP contribution in [-0.4, -0.2) is 43.7 Å². The van der Waals surface area contributed by atoms with Crippen LogP contribution in [0.1, 0.15) is 36.8 Å². The van der Waals surface area contributed by atoms with Crippen molar-refractivity contribution >= 4 is 11.7 Å². The fourth-order valence-electron chi connectivity index (χ4n) is 6.01. The van der Waals surface area contributed by atoms with Crippen LogP contribution in [0, 0.1) is 11.6 Å². The molecule has 3 atom stereocenters. The molecule has 0 unspecified atom stereocenters. The number of rotatable bonds is 7. The third-order valence-electron chi connectivity index (χ3n) is 8.02. The monoisotopic (exact) mass is 521 g/mol. The van der Waals surface area contributed by atoms with Gasteiger partial charge in [-0.15, -0.1) is 0 Å². The maximum absolute atomic E-state index is 13.5. The molecule has 0 bridgehead atoms. The van der Waals surface area contributed by atoms with Crippen LogP contribution in [0.5, 0.6) is 11.5 Å². The molecule has 2 aliphatic rings. The maximum atomic E-state index is 13.5. The molecular weight excluding hydrogens is 488 g/mol. The summed E-state index contributed by atoms with van der Waals surface area (Å²) in [6.45, 7) is 1.43. The molecule has 3 aromatic rings. The van der Waals surface area contributed by atoms with Crippen molar-refractivity contribution in [1.29, 1.82) is 0 Å². The quantitative estimate of drug-likeness (QED) is 0.408. The van der Waals surface area contributed by atoms with Crippen molar-refractivity contribution in [3.63, 3.8) is 0 Å². The normalized spacial score (nSPS) is 22.9. The van der Waals surface area contributed by atoms with E-state index in [2.05, 4.69) is 34.7 Å². The molecule has 1 saturated heterocycles.